The summed E-state index contributed by atoms with van der Waals surface area (Å²) in [6.45, 7) is 2.12. The van der Waals surface area contributed by atoms with Gasteiger partial charge in [0.05, 0.1) is 6.17 Å². The third-order valence-corrected chi connectivity index (χ3v) is 4.30. The smallest absolute Gasteiger partial charge is 0.0748 e. The van der Waals surface area contributed by atoms with Gasteiger partial charge in [0.25, 0.3) is 0 Å². The van der Waals surface area contributed by atoms with Gasteiger partial charge in [-0.3, -0.25) is 4.90 Å². The van der Waals surface area contributed by atoms with Gasteiger partial charge in [0.1, 0.15) is 0 Å². The van der Waals surface area contributed by atoms with E-state index in [4.69, 9.17) is 17.3 Å². The molecule has 0 aromatic heterocycles. The van der Waals surface area contributed by atoms with E-state index in [-0.39, 0.29) is 0 Å². The molecule has 5 heteroatoms. The Morgan fingerprint density at radius 3 is 3.00 bits per heavy atom. The lowest BCUT2D eigenvalue weighted by Gasteiger charge is -2.34. The molecule has 0 spiro atoms. The third kappa shape index (κ3) is 3.09. The Kier molecular flexibility index (Phi) is 4.05. The number of hydrogen-bond acceptors (Lipinski definition) is 4. The molecule has 2 fully saturated rings. The fourth-order valence-electron chi connectivity index (χ4n) is 3.04. The molecule has 4 N–H and O–H groups in total. The molecule has 2 heterocycles. The molecule has 2 aliphatic heterocycles. The van der Waals surface area contributed by atoms with Crippen LogP contribution in [0.3, 0.4) is 0 Å². The van der Waals surface area contributed by atoms with Crippen LogP contribution in [0.2, 0.25) is 5.02 Å². The number of likely N-dealkylation sites (tertiary alicyclic amines) is 1. The molecule has 0 aliphatic carbocycles. The fourth-order valence-corrected chi connectivity index (χ4v) is 3.24. The number of piperidine rings is 1. The molecule has 19 heavy (non-hydrogen) atoms. The van der Waals surface area contributed by atoms with Crippen LogP contribution in [0.4, 0.5) is 0 Å². The van der Waals surface area contributed by atoms with Gasteiger partial charge in [-0.1, -0.05) is 23.7 Å². The Bertz CT molecular complexity index is 439. The number of rotatable bonds is 2. The summed E-state index contributed by atoms with van der Waals surface area (Å²) >= 11 is 6.05. The van der Waals surface area contributed by atoms with Gasteiger partial charge in [0.2, 0.25) is 0 Å². The first-order chi connectivity index (χ1) is 9.22. The summed E-state index contributed by atoms with van der Waals surface area (Å²) in [5.41, 5.74) is 14.1. The minimum Gasteiger partial charge on any atom is -0.327 e. The second-order valence-corrected chi connectivity index (χ2v) is 5.98. The molecule has 0 saturated carbocycles. The first kappa shape index (κ1) is 13.3. The fraction of sp³-hybridized carbons (Fsp3) is 0.571. The summed E-state index contributed by atoms with van der Waals surface area (Å²) < 4.78 is 0. The molecule has 2 saturated heterocycles. The summed E-state index contributed by atoms with van der Waals surface area (Å²) in [7, 11) is 0. The van der Waals surface area contributed by atoms with Gasteiger partial charge in [0.15, 0.2) is 0 Å². The van der Waals surface area contributed by atoms with Crippen molar-refractivity contribution >= 4 is 11.6 Å². The lowest BCUT2D eigenvalue weighted by molar-refractivity contribution is 0.133. The van der Waals surface area contributed by atoms with Crippen LogP contribution in [0.15, 0.2) is 24.3 Å². The molecule has 104 valence electrons. The van der Waals surface area contributed by atoms with E-state index in [1.54, 1.807) is 0 Å². The number of nitrogens with zero attached hydrogens (tertiary/aromatic N) is 1. The van der Waals surface area contributed by atoms with Gasteiger partial charge in [-0.15, -0.1) is 0 Å². The monoisotopic (exact) mass is 280 g/mol. The Morgan fingerprint density at radius 1 is 1.32 bits per heavy atom. The van der Waals surface area contributed by atoms with E-state index in [0.29, 0.717) is 18.2 Å². The van der Waals surface area contributed by atoms with Gasteiger partial charge >= 0.3 is 0 Å². The maximum Gasteiger partial charge on any atom is 0.0748 e. The van der Waals surface area contributed by atoms with Crippen LogP contribution < -0.4 is 16.6 Å². The number of hydrazine groups is 1. The Labute approximate surface area is 119 Å². The maximum absolute atomic E-state index is 6.05. The van der Waals surface area contributed by atoms with Gasteiger partial charge < -0.3 is 5.73 Å². The van der Waals surface area contributed by atoms with Crippen LogP contribution >= 0.6 is 11.6 Å². The van der Waals surface area contributed by atoms with E-state index >= 15 is 0 Å². The zero-order valence-corrected chi connectivity index (χ0v) is 11.7. The van der Waals surface area contributed by atoms with Gasteiger partial charge in [-0.2, -0.15) is 0 Å². The Hall–Kier alpha value is -0.650. The summed E-state index contributed by atoms with van der Waals surface area (Å²) in [6, 6.07) is 8.71. The lowest BCUT2D eigenvalue weighted by Crippen LogP contribution is -2.52. The molecule has 2 aliphatic rings. The standard InChI is InChI=1S/C14H21ClN4/c15-11-4-1-3-10(7-11)13-8-14(18-17-13)19-6-2-5-12(16)9-19/h1,3-4,7,12-14,17-18H,2,5-6,8-9,16H2. The normalized spacial score (nSPS) is 32.6. The van der Waals surface area contributed by atoms with Gasteiger partial charge in [0, 0.05) is 23.7 Å². The number of halogens is 1. The Balaban J connectivity index is 1.63. The van der Waals surface area contributed by atoms with Gasteiger partial charge in [-0.05, 0) is 43.5 Å². The highest BCUT2D eigenvalue weighted by atomic mass is 35.5. The maximum atomic E-state index is 6.05. The van der Waals surface area contributed by atoms with Crippen LogP contribution in [0.5, 0.6) is 0 Å². The molecule has 3 unspecified atom stereocenters. The van der Waals surface area contributed by atoms with E-state index < -0.39 is 0 Å². The molecular weight excluding hydrogens is 260 g/mol. The summed E-state index contributed by atoms with van der Waals surface area (Å²) in [5.74, 6) is 0. The van der Waals surface area contributed by atoms with Crippen molar-refractivity contribution in [1.29, 1.82) is 0 Å². The second-order valence-electron chi connectivity index (χ2n) is 5.55. The van der Waals surface area contributed by atoms with E-state index in [2.05, 4.69) is 21.8 Å². The largest absolute Gasteiger partial charge is 0.327 e. The number of nitrogens with one attached hydrogen (secondary N) is 2. The predicted octanol–water partition coefficient (Wildman–Crippen LogP) is 1.63. The average Bonchev–Trinajstić information content (AvgIpc) is 2.88. The SMILES string of the molecule is NC1CCCN(C2CC(c3cccc(Cl)c3)NN2)C1. The first-order valence-electron chi connectivity index (χ1n) is 6.98. The van der Waals surface area contributed by atoms with Crippen molar-refractivity contribution in [2.45, 2.75) is 37.5 Å². The van der Waals surface area contributed by atoms with Crippen LogP contribution in [0, 0.1) is 0 Å². The van der Waals surface area contributed by atoms with Crippen molar-refractivity contribution in [3.63, 3.8) is 0 Å². The molecule has 0 amide bonds. The minimum atomic E-state index is 0.320. The van der Waals surface area contributed by atoms with E-state index in [9.17, 15) is 0 Å². The molecule has 3 rings (SSSR count). The highest BCUT2D eigenvalue weighted by Gasteiger charge is 2.31. The van der Waals surface area contributed by atoms with Gasteiger partial charge in [-0.25, -0.2) is 10.9 Å². The first-order valence-corrected chi connectivity index (χ1v) is 7.36. The molecular formula is C14H21ClN4. The summed E-state index contributed by atoms with van der Waals surface area (Å²) in [5, 5.41) is 0.794. The molecule has 1 aromatic rings. The van der Waals surface area contributed by atoms with Crippen molar-refractivity contribution in [2.75, 3.05) is 13.1 Å². The summed E-state index contributed by atoms with van der Waals surface area (Å²) in [4.78, 5) is 2.45. The van der Waals surface area contributed by atoms with Crippen molar-refractivity contribution in [3.8, 4) is 0 Å². The average molecular weight is 281 g/mol. The van der Waals surface area contributed by atoms with E-state index in [1.807, 2.05) is 18.2 Å². The van der Waals surface area contributed by atoms with Crippen LogP contribution in [0.25, 0.3) is 0 Å². The van der Waals surface area contributed by atoms with E-state index in [1.165, 1.54) is 12.0 Å². The number of nitrogens with two attached hydrogens (primary N) is 1. The Morgan fingerprint density at radius 2 is 2.21 bits per heavy atom. The second kappa shape index (κ2) is 5.77. The highest BCUT2D eigenvalue weighted by Crippen LogP contribution is 2.26. The number of benzene rings is 1. The topological polar surface area (TPSA) is 53.3 Å². The quantitative estimate of drug-likeness (QED) is 0.771. The van der Waals surface area contributed by atoms with Crippen LogP contribution in [-0.4, -0.2) is 30.2 Å². The summed E-state index contributed by atoms with van der Waals surface area (Å²) in [6.07, 6.45) is 3.76. The van der Waals surface area contributed by atoms with E-state index in [0.717, 1.165) is 31.0 Å². The predicted molar refractivity (Wildman–Crippen MR) is 77.7 cm³/mol. The van der Waals surface area contributed by atoms with Crippen molar-refractivity contribution in [3.05, 3.63) is 34.9 Å². The minimum absolute atomic E-state index is 0.320. The van der Waals surface area contributed by atoms with Crippen LogP contribution in [-0.2, 0) is 0 Å². The van der Waals surface area contributed by atoms with Crippen molar-refractivity contribution in [2.24, 2.45) is 5.73 Å². The zero-order valence-electron chi connectivity index (χ0n) is 11.0. The molecule has 3 atom stereocenters. The number of hydrogen-bond donors (Lipinski definition) is 3. The van der Waals surface area contributed by atoms with Crippen molar-refractivity contribution < 1.29 is 0 Å². The van der Waals surface area contributed by atoms with Crippen molar-refractivity contribution in [1.82, 2.24) is 15.8 Å². The molecule has 0 bridgehead atoms. The third-order valence-electron chi connectivity index (χ3n) is 4.06. The zero-order chi connectivity index (χ0) is 13.2. The molecule has 4 nitrogen and oxygen atoms in total. The molecule has 1 aromatic carbocycles. The highest BCUT2D eigenvalue weighted by molar-refractivity contribution is 6.30. The van der Waals surface area contributed by atoms with Crippen LogP contribution in [0.1, 0.15) is 30.9 Å². The lowest BCUT2D eigenvalue weighted by atomic mass is 10.0. The molecule has 0 radical (unpaired) electrons.